The van der Waals surface area contributed by atoms with Gasteiger partial charge in [-0.3, -0.25) is 38.4 Å². The maximum Gasteiger partial charge on any atom is 0.244 e. The first-order valence-electron chi connectivity index (χ1n) is 25.9. The molecular weight excluding hydrogens is 1190 g/mol. The number of nitrogens with zero attached hydrogens (tertiary/aromatic N) is 1. The van der Waals surface area contributed by atoms with Crippen molar-refractivity contribution in [2.75, 3.05) is 18.1 Å². The van der Waals surface area contributed by atoms with E-state index >= 15 is 0 Å². The van der Waals surface area contributed by atoms with Crippen LogP contribution in [0.4, 0.5) is 43.9 Å². The molecule has 1 aliphatic heterocycles. The number of amides is 8. The standard InChI is InChI=1S/C52H57F10N13O8S2/c1-20(2)44-52(83)74-33(50(81)70-29(45(65)76)14-25-36(55)40(59)43(62)41(60)37(25)56)18-85-84-17-32(73-46(77)26(64)13-24-34(53)38(57)42(61)39(58)35(24)54)51(82)72-31(12-22-16-66-19-68-22)49(80)71-30(11-21-15-67-27-8-4-3-7-23(21)27)48(79)69-28(47(78)75-44)9-5-6-10-63/h3-4,7-8,15-16,19-20,26,28-33,44,67H,5-6,9-14,17-18,63-64H2,1-2H3,(H2,65,76)(H,66,68)(H,69,79)(H,70,81)(H,71,80)(H,72,82)(H,73,77)(H,74,83)(H,75,78)/t26-,28-,29-,30+,31-,32+,33-,44-/m0/s1. The number of unbranched alkanes of at least 4 members (excludes halogenated alkanes) is 1. The number of benzene rings is 3. The van der Waals surface area contributed by atoms with Crippen molar-refractivity contribution in [1.82, 2.24) is 52.2 Å². The average Bonchev–Trinajstić information content (AvgIpc) is 3.30. The molecule has 8 amide bonds. The van der Waals surface area contributed by atoms with E-state index in [1.54, 1.807) is 30.5 Å². The lowest BCUT2D eigenvalue weighted by Gasteiger charge is -2.29. The van der Waals surface area contributed by atoms with Crippen molar-refractivity contribution < 1.29 is 82.3 Å². The molecule has 0 bridgehead atoms. The molecule has 3 heterocycles. The summed E-state index contributed by atoms with van der Waals surface area (Å²) in [6.07, 6.45) is 1.08. The molecule has 8 atom stereocenters. The number of hydrogen-bond donors (Lipinski definition) is 12. The molecule has 1 fully saturated rings. The predicted octanol–water partition coefficient (Wildman–Crippen LogP) is 1.94. The van der Waals surface area contributed by atoms with Gasteiger partial charge >= 0.3 is 0 Å². The average molecular weight is 1250 g/mol. The maximum atomic E-state index is 14.9. The van der Waals surface area contributed by atoms with Crippen LogP contribution in [0.25, 0.3) is 10.9 Å². The number of rotatable bonds is 18. The number of primary amides is 1. The van der Waals surface area contributed by atoms with Crippen LogP contribution in [0, 0.1) is 64.1 Å². The van der Waals surface area contributed by atoms with Gasteiger partial charge in [0.25, 0.3) is 0 Å². The molecule has 0 spiro atoms. The first-order valence-corrected chi connectivity index (χ1v) is 28.4. The Kier molecular flexibility index (Phi) is 23.2. The summed E-state index contributed by atoms with van der Waals surface area (Å²) >= 11 is 0. The smallest absolute Gasteiger partial charge is 0.244 e. The van der Waals surface area contributed by atoms with E-state index in [0.29, 0.717) is 44.5 Å². The summed E-state index contributed by atoms with van der Waals surface area (Å²) in [6.45, 7) is 3.09. The van der Waals surface area contributed by atoms with E-state index in [0.717, 1.165) is 0 Å². The number of halogens is 10. The van der Waals surface area contributed by atoms with Gasteiger partial charge in [-0.2, -0.15) is 0 Å². The molecule has 0 aliphatic carbocycles. The number of H-pyrrole nitrogens is 2. The fourth-order valence-corrected chi connectivity index (χ4v) is 11.1. The molecule has 85 heavy (non-hydrogen) atoms. The first kappa shape index (κ1) is 66.2. The minimum absolute atomic E-state index is 0.109. The zero-order valence-electron chi connectivity index (χ0n) is 44.9. The van der Waals surface area contributed by atoms with Crippen molar-refractivity contribution in [1.29, 1.82) is 0 Å². The van der Waals surface area contributed by atoms with Gasteiger partial charge in [0.2, 0.25) is 58.9 Å². The quantitative estimate of drug-likeness (QED) is 0.0197. The Bertz CT molecular complexity index is 3250. The van der Waals surface area contributed by atoms with Gasteiger partial charge in [-0.25, -0.2) is 48.9 Å². The molecule has 1 aliphatic rings. The number of carbonyl (C=O) groups excluding carboxylic acids is 8. The van der Waals surface area contributed by atoms with E-state index < -0.39 is 202 Å². The number of aromatic amines is 2. The van der Waals surface area contributed by atoms with Gasteiger partial charge in [-0.1, -0.05) is 53.6 Å². The highest BCUT2D eigenvalue weighted by atomic mass is 33.1. The van der Waals surface area contributed by atoms with Gasteiger partial charge in [-0.15, -0.1) is 0 Å². The second-order valence-corrected chi connectivity index (χ2v) is 22.4. The number of fused-ring (bicyclic) bond motifs is 1. The second-order valence-electron chi connectivity index (χ2n) is 19.8. The minimum atomic E-state index is -2.54. The van der Waals surface area contributed by atoms with Crippen LogP contribution in [0.5, 0.6) is 0 Å². The van der Waals surface area contributed by atoms with E-state index in [4.69, 9.17) is 17.2 Å². The maximum absolute atomic E-state index is 14.9. The van der Waals surface area contributed by atoms with Crippen LogP contribution in [0.3, 0.4) is 0 Å². The predicted molar refractivity (Wildman–Crippen MR) is 288 cm³/mol. The van der Waals surface area contributed by atoms with E-state index in [2.05, 4.69) is 46.9 Å². The lowest BCUT2D eigenvalue weighted by Crippen LogP contribution is -2.61. The molecule has 33 heteroatoms. The van der Waals surface area contributed by atoms with E-state index in [1.807, 2.05) is 5.32 Å². The molecule has 460 valence electrons. The number of carbonyl (C=O) groups is 8. The molecule has 5 aromatic rings. The number of hydrogen-bond acceptors (Lipinski definition) is 13. The first-order chi connectivity index (χ1) is 40.2. The van der Waals surface area contributed by atoms with Gasteiger partial charge in [0.05, 0.1) is 12.4 Å². The Balaban J connectivity index is 1.42. The van der Waals surface area contributed by atoms with Crippen LogP contribution in [0.15, 0.2) is 43.0 Å². The Morgan fingerprint density at radius 2 is 1.20 bits per heavy atom. The van der Waals surface area contributed by atoms with Crippen LogP contribution in [-0.2, 0) is 64.0 Å². The second kappa shape index (κ2) is 29.7. The SMILES string of the molecule is CC(C)[C@@H]1NC(=O)[C@H](CCCCN)NC(=O)[C@@H](Cc2c[nH]c3ccccc23)NC(=O)[C@H](Cc2cnc[nH]2)NC(=O)[C@H](NC(=O)[C@@H](N)Cc2c(F)c(F)c(F)c(F)c2F)CSSC[C@@H](C(=O)N[C@@H](Cc2c(F)c(F)c(F)c(F)c2F)C(N)=O)NC1=O. The number of aromatic nitrogens is 3. The summed E-state index contributed by atoms with van der Waals surface area (Å²) in [5.41, 5.74) is 15.4. The summed E-state index contributed by atoms with van der Waals surface area (Å²) in [5, 5.41) is 17.5. The summed E-state index contributed by atoms with van der Waals surface area (Å²) < 4.78 is 144. The number of imidazole rings is 1. The fraction of sp³-hybridized carbons (Fsp3) is 0.404. The zero-order valence-corrected chi connectivity index (χ0v) is 46.5. The molecule has 2 aromatic heterocycles. The van der Waals surface area contributed by atoms with Gasteiger partial charge in [-0.05, 0) is 43.4 Å². The van der Waals surface area contributed by atoms with Gasteiger partial charge in [0.1, 0.15) is 42.3 Å². The van der Waals surface area contributed by atoms with Crippen molar-refractivity contribution >= 4 is 79.7 Å². The summed E-state index contributed by atoms with van der Waals surface area (Å²) in [5.74, 6) is -35.7. The summed E-state index contributed by atoms with van der Waals surface area (Å²) in [6, 6.07) is -7.67. The van der Waals surface area contributed by atoms with Crippen LogP contribution >= 0.6 is 21.6 Å². The third-order valence-corrected chi connectivity index (χ3v) is 15.8. The van der Waals surface area contributed by atoms with Crippen molar-refractivity contribution in [2.45, 2.75) is 107 Å². The Labute approximate surface area is 484 Å². The van der Waals surface area contributed by atoms with Crippen molar-refractivity contribution in [3.05, 3.63) is 124 Å². The van der Waals surface area contributed by atoms with Crippen LogP contribution in [0.1, 0.15) is 55.5 Å². The molecule has 0 saturated carbocycles. The van der Waals surface area contributed by atoms with Crippen LogP contribution < -0.4 is 54.4 Å². The zero-order chi connectivity index (χ0) is 62.6. The third-order valence-electron chi connectivity index (χ3n) is 13.4. The highest BCUT2D eigenvalue weighted by Gasteiger charge is 2.38. The summed E-state index contributed by atoms with van der Waals surface area (Å²) in [4.78, 5) is 123. The lowest BCUT2D eigenvalue weighted by molar-refractivity contribution is -0.136. The van der Waals surface area contributed by atoms with E-state index in [-0.39, 0.29) is 31.5 Å². The normalized spacial score (nSPS) is 20.4. The number of nitrogens with one attached hydrogen (secondary N) is 9. The Hall–Kier alpha value is -7.91. The van der Waals surface area contributed by atoms with Crippen molar-refractivity contribution in [2.24, 2.45) is 23.1 Å². The van der Waals surface area contributed by atoms with Crippen LogP contribution in [0.2, 0.25) is 0 Å². The molecule has 3 aromatic carbocycles. The van der Waals surface area contributed by atoms with Gasteiger partial charge < -0.3 is 64.4 Å². The Morgan fingerprint density at radius 1 is 0.659 bits per heavy atom. The molecule has 6 rings (SSSR count). The molecule has 1 saturated heterocycles. The van der Waals surface area contributed by atoms with Gasteiger partial charge in [0.15, 0.2) is 46.5 Å². The van der Waals surface area contributed by atoms with Crippen LogP contribution in [-0.4, -0.2) is 129 Å². The third kappa shape index (κ3) is 16.5. The topological polar surface area (TPSA) is 343 Å². The number of para-hydroxylation sites is 1. The Morgan fingerprint density at radius 3 is 1.78 bits per heavy atom. The highest BCUT2D eigenvalue weighted by Crippen LogP contribution is 2.28. The van der Waals surface area contributed by atoms with Crippen molar-refractivity contribution in [3.63, 3.8) is 0 Å². The fourth-order valence-electron chi connectivity index (χ4n) is 8.73. The lowest BCUT2D eigenvalue weighted by atomic mass is 10.00. The monoisotopic (exact) mass is 1250 g/mol. The number of nitrogens with two attached hydrogens (primary N) is 3. The molecule has 0 radical (unpaired) electrons. The molecular formula is C52H57F10N13O8S2. The molecule has 21 nitrogen and oxygen atoms in total. The van der Waals surface area contributed by atoms with E-state index in [9.17, 15) is 82.3 Å². The largest absolute Gasteiger partial charge is 0.368 e. The summed E-state index contributed by atoms with van der Waals surface area (Å²) in [7, 11) is 1.23. The molecule has 15 N–H and O–H groups in total. The van der Waals surface area contributed by atoms with Crippen molar-refractivity contribution in [3.8, 4) is 0 Å². The van der Waals surface area contributed by atoms with Gasteiger partial charge in [0, 0.05) is 77.3 Å². The highest BCUT2D eigenvalue weighted by molar-refractivity contribution is 8.76. The molecule has 0 unspecified atom stereocenters. The minimum Gasteiger partial charge on any atom is -0.368 e. The van der Waals surface area contributed by atoms with E-state index in [1.165, 1.54) is 26.4 Å².